The van der Waals surface area contributed by atoms with Gasteiger partial charge in [0.2, 0.25) is 5.88 Å². The molecule has 4 heterocycles. The van der Waals surface area contributed by atoms with Gasteiger partial charge in [0.25, 0.3) is 0 Å². The highest BCUT2D eigenvalue weighted by atomic mass is 35.5. The Morgan fingerprint density at radius 3 is 2.69 bits per heavy atom. The summed E-state index contributed by atoms with van der Waals surface area (Å²) in [6.45, 7) is 0.558. The van der Waals surface area contributed by atoms with Crippen molar-refractivity contribution in [3.05, 3.63) is 54.3 Å². The third kappa shape index (κ3) is 4.09. The Morgan fingerprint density at radius 1 is 1.14 bits per heavy atom. The van der Waals surface area contributed by atoms with E-state index in [4.69, 9.17) is 22.1 Å². The predicted octanol–water partition coefficient (Wildman–Crippen LogP) is 2.78. The molecule has 4 N–H and O–H groups in total. The zero-order chi connectivity index (χ0) is 20.2. The largest absolute Gasteiger partial charge is 0.476 e. The summed E-state index contributed by atoms with van der Waals surface area (Å²) in [4.78, 5) is 30.9. The first-order valence-corrected chi connectivity index (χ1v) is 9.05. The second-order valence-corrected chi connectivity index (χ2v) is 6.51. The minimum atomic E-state index is -0.596. The number of H-pyrrole nitrogens is 1. The fraction of sp³-hybridized carbons (Fsp3) is 0.105. The van der Waals surface area contributed by atoms with E-state index in [9.17, 15) is 4.79 Å². The van der Waals surface area contributed by atoms with Gasteiger partial charge < -0.3 is 20.8 Å². The molecular formula is C19H16ClN7O2. The lowest BCUT2D eigenvalue weighted by Gasteiger charge is -2.07. The van der Waals surface area contributed by atoms with Crippen LogP contribution in [0.4, 0.5) is 4.79 Å². The Labute approximate surface area is 170 Å². The lowest BCUT2D eigenvalue weighted by atomic mass is 10.0. The van der Waals surface area contributed by atoms with Crippen molar-refractivity contribution < 1.29 is 9.53 Å². The van der Waals surface area contributed by atoms with Crippen molar-refractivity contribution >= 4 is 28.7 Å². The van der Waals surface area contributed by atoms with Crippen LogP contribution in [0.25, 0.3) is 33.4 Å². The van der Waals surface area contributed by atoms with E-state index in [-0.39, 0.29) is 6.61 Å². The van der Waals surface area contributed by atoms with Gasteiger partial charge in [0, 0.05) is 52.9 Å². The highest BCUT2D eigenvalue weighted by molar-refractivity contribution is 6.31. The maximum Gasteiger partial charge on any atom is 0.312 e. The van der Waals surface area contributed by atoms with Gasteiger partial charge >= 0.3 is 6.03 Å². The number of pyridine rings is 2. The average molecular weight is 410 g/mol. The van der Waals surface area contributed by atoms with E-state index in [0.717, 1.165) is 27.8 Å². The van der Waals surface area contributed by atoms with Crippen LogP contribution in [0.1, 0.15) is 0 Å². The van der Waals surface area contributed by atoms with Crippen molar-refractivity contribution in [3.63, 3.8) is 0 Å². The minimum Gasteiger partial charge on any atom is -0.476 e. The third-order valence-corrected chi connectivity index (χ3v) is 4.35. The normalized spacial score (nSPS) is 10.8. The predicted molar refractivity (Wildman–Crippen MR) is 108 cm³/mol. The Hall–Kier alpha value is -3.72. The van der Waals surface area contributed by atoms with E-state index in [1.807, 2.05) is 12.1 Å². The van der Waals surface area contributed by atoms with Gasteiger partial charge in [0.05, 0.1) is 17.3 Å². The lowest BCUT2D eigenvalue weighted by Crippen LogP contribution is -2.32. The molecular weight excluding hydrogens is 394 g/mol. The smallest absolute Gasteiger partial charge is 0.312 e. The molecule has 0 aromatic carbocycles. The van der Waals surface area contributed by atoms with Crippen LogP contribution in [0.2, 0.25) is 5.02 Å². The fourth-order valence-electron chi connectivity index (χ4n) is 2.93. The molecule has 0 radical (unpaired) electrons. The summed E-state index contributed by atoms with van der Waals surface area (Å²) in [6.07, 6.45) is 8.22. The molecule has 0 aliphatic heterocycles. The number of hydrogen-bond donors (Lipinski definition) is 3. The number of carbonyl (C=O) groups excluding carboxylic acids is 1. The topological polar surface area (TPSA) is 132 Å². The highest BCUT2D eigenvalue weighted by Crippen LogP contribution is 2.38. The zero-order valence-corrected chi connectivity index (χ0v) is 15.8. The SMILES string of the molecule is NC(=O)NCCOc1ccc(-c2[nH]c3ncc(Cl)cc3c2-c2cncnc2)cn1. The van der Waals surface area contributed by atoms with E-state index in [2.05, 4.69) is 30.2 Å². The zero-order valence-electron chi connectivity index (χ0n) is 15.1. The summed E-state index contributed by atoms with van der Waals surface area (Å²) in [5.74, 6) is 0.432. The van der Waals surface area contributed by atoms with E-state index in [0.29, 0.717) is 23.1 Å². The number of primary amides is 1. The summed E-state index contributed by atoms with van der Waals surface area (Å²) >= 11 is 6.16. The second kappa shape index (κ2) is 8.11. The number of nitrogens with zero attached hydrogens (tertiary/aromatic N) is 4. The Morgan fingerprint density at radius 2 is 1.97 bits per heavy atom. The first-order valence-electron chi connectivity index (χ1n) is 8.67. The molecule has 0 saturated heterocycles. The molecule has 0 spiro atoms. The van der Waals surface area contributed by atoms with Gasteiger partial charge in [-0.3, -0.25) is 0 Å². The van der Waals surface area contributed by atoms with Crippen LogP contribution in [-0.2, 0) is 0 Å². The molecule has 10 heteroatoms. The van der Waals surface area contributed by atoms with Crippen molar-refractivity contribution in [1.82, 2.24) is 30.2 Å². The maximum atomic E-state index is 10.7. The number of fused-ring (bicyclic) bond motifs is 1. The molecule has 4 rings (SSSR count). The number of amides is 2. The molecule has 0 aliphatic rings. The molecule has 0 fully saturated rings. The number of aromatic nitrogens is 5. The van der Waals surface area contributed by atoms with Crippen LogP contribution in [0.5, 0.6) is 5.88 Å². The van der Waals surface area contributed by atoms with Gasteiger partial charge in [-0.15, -0.1) is 0 Å². The molecule has 0 aliphatic carbocycles. The van der Waals surface area contributed by atoms with Crippen LogP contribution < -0.4 is 15.8 Å². The highest BCUT2D eigenvalue weighted by Gasteiger charge is 2.17. The Bertz CT molecular complexity index is 1150. The molecule has 146 valence electrons. The number of aromatic amines is 1. The van der Waals surface area contributed by atoms with Crippen LogP contribution in [-0.4, -0.2) is 44.1 Å². The maximum absolute atomic E-state index is 10.7. The van der Waals surface area contributed by atoms with Crippen LogP contribution >= 0.6 is 11.6 Å². The number of halogens is 1. The minimum absolute atomic E-state index is 0.261. The van der Waals surface area contributed by atoms with E-state index in [1.54, 1.807) is 30.9 Å². The first-order chi connectivity index (χ1) is 14.1. The second-order valence-electron chi connectivity index (χ2n) is 6.08. The quantitative estimate of drug-likeness (QED) is 0.419. The number of carbonyl (C=O) groups is 1. The molecule has 0 unspecified atom stereocenters. The molecule has 2 amide bonds. The molecule has 4 aromatic heterocycles. The Kier molecular flexibility index (Phi) is 5.21. The van der Waals surface area contributed by atoms with Crippen molar-refractivity contribution in [3.8, 4) is 28.3 Å². The van der Waals surface area contributed by atoms with Crippen molar-refractivity contribution in [2.75, 3.05) is 13.2 Å². The van der Waals surface area contributed by atoms with Crippen LogP contribution in [0.15, 0.2) is 49.3 Å². The number of hydrogen-bond acceptors (Lipinski definition) is 6. The third-order valence-electron chi connectivity index (χ3n) is 4.14. The van der Waals surface area contributed by atoms with Gasteiger partial charge in [-0.05, 0) is 12.1 Å². The molecule has 9 nitrogen and oxygen atoms in total. The van der Waals surface area contributed by atoms with Crippen LogP contribution in [0, 0.1) is 0 Å². The molecule has 0 saturated carbocycles. The molecule has 0 bridgehead atoms. The summed E-state index contributed by atoms with van der Waals surface area (Å²) in [6, 6.07) is 4.88. The van der Waals surface area contributed by atoms with E-state index in [1.165, 1.54) is 6.33 Å². The summed E-state index contributed by atoms with van der Waals surface area (Å²) in [5, 5.41) is 3.85. The van der Waals surface area contributed by atoms with E-state index >= 15 is 0 Å². The molecule has 0 atom stereocenters. The average Bonchev–Trinajstić information content (AvgIpc) is 3.10. The summed E-state index contributed by atoms with van der Waals surface area (Å²) in [5.41, 5.74) is 9.08. The van der Waals surface area contributed by atoms with Gasteiger partial charge in [0.1, 0.15) is 18.6 Å². The van der Waals surface area contributed by atoms with Crippen molar-refractivity contribution in [1.29, 1.82) is 0 Å². The van der Waals surface area contributed by atoms with Gasteiger partial charge in [0.15, 0.2) is 0 Å². The summed E-state index contributed by atoms with van der Waals surface area (Å²) < 4.78 is 5.50. The number of rotatable bonds is 6. The molecule has 4 aromatic rings. The monoisotopic (exact) mass is 409 g/mol. The number of ether oxygens (including phenoxy) is 1. The first kappa shape index (κ1) is 18.6. The van der Waals surface area contributed by atoms with E-state index < -0.39 is 6.03 Å². The standard InChI is InChI=1S/C19H16ClN7O2/c20-13-5-14-16(12-6-22-10-23-7-12)17(27-18(14)26-9-13)11-1-2-15(25-8-11)29-4-3-24-19(21)28/h1-2,5-10H,3-4H2,(H,26,27)(H3,21,24,28). The van der Waals surface area contributed by atoms with Crippen LogP contribution in [0.3, 0.4) is 0 Å². The Balaban J connectivity index is 1.68. The van der Waals surface area contributed by atoms with Crippen molar-refractivity contribution in [2.45, 2.75) is 0 Å². The summed E-state index contributed by atoms with van der Waals surface area (Å²) in [7, 11) is 0. The van der Waals surface area contributed by atoms with Crippen molar-refractivity contribution in [2.24, 2.45) is 5.73 Å². The number of urea groups is 1. The van der Waals surface area contributed by atoms with Gasteiger partial charge in [-0.2, -0.15) is 0 Å². The number of nitrogens with two attached hydrogens (primary N) is 1. The van der Waals surface area contributed by atoms with Gasteiger partial charge in [-0.25, -0.2) is 24.7 Å². The van der Waals surface area contributed by atoms with Gasteiger partial charge in [-0.1, -0.05) is 11.6 Å². The number of nitrogens with one attached hydrogen (secondary N) is 2. The lowest BCUT2D eigenvalue weighted by molar-refractivity contribution is 0.243. The molecule has 29 heavy (non-hydrogen) atoms. The fourth-order valence-corrected chi connectivity index (χ4v) is 3.09.